The highest BCUT2D eigenvalue weighted by atomic mass is 32.2. The van der Waals surface area contributed by atoms with Crippen LogP contribution in [0.3, 0.4) is 0 Å². The predicted molar refractivity (Wildman–Crippen MR) is 85.5 cm³/mol. The third-order valence-corrected chi connectivity index (χ3v) is 5.13. The molecule has 0 radical (unpaired) electrons. The molecule has 2 saturated carbocycles. The van der Waals surface area contributed by atoms with Crippen LogP contribution in [0.2, 0.25) is 0 Å². The molecule has 2 aliphatic carbocycles. The molecular formula is C15H19N5O2S. The van der Waals surface area contributed by atoms with E-state index in [1.54, 1.807) is 6.07 Å². The molecule has 0 saturated heterocycles. The van der Waals surface area contributed by atoms with Crippen LogP contribution < -0.4 is 5.32 Å². The summed E-state index contributed by atoms with van der Waals surface area (Å²) < 4.78 is 7.28. The lowest BCUT2D eigenvalue weighted by Crippen LogP contribution is -2.22. The summed E-state index contributed by atoms with van der Waals surface area (Å²) in [6.07, 6.45) is 4.78. The van der Waals surface area contributed by atoms with E-state index in [4.69, 9.17) is 4.52 Å². The Bertz CT molecular complexity index is 732. The van der Waals surface area contributed by atoms with Gasteiger partial charge in [0.25, 0.3) is 0 Å². The van der Waals surface area contributed by atoms with Crippen molar-refractivity contribution in [1.82, 2.24) is 19.9 Å². The molecule has 23 heavy (non-hydrogen) atoms. The Morgan fingerprint density at radius 2 is 2.17 bits per heavy atom. The molecule has 1 amide bonds. The van der Waals surface area contributed by atoms with Crippen LogP contribution in [0.4, 0.5) is 5.88 Å². The molecule has 0 spiro atoms. The van der Waals surface area contributed by atoms with Crippen molar-refractivity contribution in [3.05, 3.63) is 17.6 Å². The third-order valence-electron chi connectivity index (χ3n) is 4.07. The zero-order valence-electron chi connectivity index (χ0n) is 13.2. The van der Waals surface area contributed by atoms with Crippen molar-refractivity contribution in [3.8, 4) is 0 Å². The van der Waals surface area contributed by atoms with Gasteiger partial charge in [0, 0.05) is 18.0 Å². The van der Waals surface area contributed by atoms with E-state index >= 15 is 0 Å². The number of nitrogens with one attached hydrogen (secondary N) is 1. The molecular weight excluding hydrogens is 314 g/mol. The number of hydrogen-bond donors (Lipinski definition) is 1. The van der Waals surface area contributed by atoms with Crippen molar-refractivity contribution >= 4 is 23.6 Å². The third kappa shape index (κ3) is 3.12. The molecule has 8 heteroatoms. The summed E-state index contributed by atoms with van der Waals surface area (Å²) in [4.78, 5) is 12.3. The fraction of sp³-hybridized carbons (Fsp3) is 0.600. The highest BCUT2D eigenvalue weighted by molar-refractivity contribution is 8.00. The van der Waals surface area contributed by atoms with E-state index in [0.717, 1.165) is 16.7 Å². The van der Waals surface area contributed by atoms with Gasteiger partial charge in [-0.3, -0.25) is 10.1 Å². The summed E-state index contributed by atoms with van der Waals surface area (Å²) in [6.45, 7) is 3.68. The first-order chi connectivity index (χ1) is 11.1. The molecule has 2 fully saturated rings. The Labute approximate surface area is 138 Å². The number of aryl methyl sites for hydroxylation is 1. The number of aromatic nitrogens is 4. The highest BCUT2D eigenvalue weighted by Crippen LogP contribution is 2.46. The van der Waals surface area contributed by atoms with Gasteiger partial charge in [-0.25, -0.2) is 0 Å². The largest absolute Gasteiger partial charge is 0.338 e. The summed E-state index contributed by atoms with van der Waals surface area (Å²) in [5, 5.41) is 15.8. The van der Waals surface area contributed by atoms with E-state index < -0.39 is 0 Å². The number of carbonyl (C=O) groups excluding carboxylic acids is 1. The first kappa shape index (κ1) is 14.7. The lowest BCUT2D eigenvalue weighted by Gasteiger charge is -2.12. The second-order valence-corrected chi connectivity index (χ2v) is 7.61. The molecule has 2 aromatic heterocycles. The standard InChI is InChI=1S/C15H19N5O2S/c1-8-7-12(22-19-8)16-14(21)9(2)23-15-18-17-13(10-3-4-10)20(15)11-5-6-11/h7,9-11H,3-6H2,1-2H3,(H,16,21). The van der Waals surface area contributed by atoms with Crippen LogP contribution in [0.15, 0.2) is 15.7 Å². The number of rotatable bonds is 6. The molecule has 2 heterocycles. The van der Waals surface area contributed by atoms with E-state index in [0.29, 0.717) is 17.8 Å². The number of nitrogens with zero attached hydrogens (tertiary/aromatic N) is 4. The normalized spacial score (nSPS) is 18.9. The maximum absolute atomic E-state index is 12.3. The number of anilines is 1. The van der Waals surface area contributed by atoms with E-state index in [2.05, 4.69) is 25.2 Å². The summed E-state index contributed by atoms with van der Waals surface area (Å²) in [5.41, 5.74) is 0.739. The summed E-state index contributed by atoms with van der Waals surface area (Å²) in [7, 11) is 0. The molecule has 0 aromatic carbocycles. The van der Waals surface area contributed by atoms with Crippen LogP contribution in [0.1, 0.15) is 56.1 Å². The molecule has 1 atom stereocenters. The van der Waals surface area contributed by atoms with Crippen molar-refractivity contribution in [1.29, 1.82) is 0 Å². The van der Waals surface area contributed by atoms with Crippen molar-refractivity contribution in [2.75, 3.05) is 5.32 Å². The van der Waals surface area contributed by atoms with Crippen molar-refractivity contribution in [2.24, 2.45) is 0 Å². The molecule has 2 aliphatic rings. The maximum Gasteiger partial charge on any atom is 0.240 e. The minimum Gasteiger partial charge on any atom is -0.338 e. The Balaban J connectivity index is 1.45. The monoisotopic (exact) mass is 333 g/mol. The lowest BCUT2D eigenvalue weighted by molar-refractivity contribution is -0.115. The fourth-order valence-corrected chi connectivity index (χ4v) is 3.45. The van der Waals surface area contributed by atoms with Crippen LogP contribution >= 0.6 is 11.8 Å². The van der Waals surface area contributed by atoms with Crippen molar-refractivity contribution in [3.63, 3.8) is 0 Å². The van der Waals surface area contributed by atoms with Crippen LogP contribution in [-0.2, 0) is 4.79 Å². The van der Waals surface area contributed by atoms with Gasteiger partial charge in [0.05, 0.1) is 10.9 Å². The second kappa shape index (κ2) is 5.67. The Hall–Kier alpha value is -1.83. The summed E-state index contributed by atoms with van der Waals surface area (Å²) in [6, 6.07) is 2.22. The van der Waals surface area contributed by atoms with Gasteiger partial charge >= 0.3 is 0 Å². The van der Waals surface area contributed by atoms with E-state index in [1.807, 2.05) is 13.8 Å². The van der Waals surface area contributed by atoms with Gasteiger partial charge in [-0.05, 0) is 39.5 Å². The topological polar surface area (TPSA) is 85.8 Å². The number of amides is 1. The Morgan fingerprint density at radius 1 is 1.39 bits per heavy atom. The Kier molecular flexibility index (Phi) is 3.63. The number of thioether (sulfide) groups is 1. The molecule has 1 N–H and O–H groups in total. The van der Waals surface area contributed by atoms with Crippen LogP contribution in [0.5, 0.6) is 0 Å². The lowest BCUT2D eigenvalue weighted by atomic mass is 10.4. The van der Waals surface area contributed by atoms with Crippen LogP contribution in [0.25, 0.3) is 0 Å². The molecule has 0 aliphatic heterocycles. The van der Waals surface area contributed by atoms with E-state index in [-0.39, 0.29) is 11.2 Å². The number of hydrogen-bond acceptors (Lipinski definition) is 6. The summed E-state index contributed by atoms with van der Waals surface area (Å²) in [5.74, 6) is 1.93. The van der Waals surface area contributed by atoms with E-state index in [1.165, 1.54) is 37.4 Å². The SMILES string of the molecule is Cc1cc(NC(=O)C(C)Sc2nnc(C3CC3)n2C2CC2)on1. The number of carbonyl (C=O) groups is 1. The van der Waals surface area contributed by atoms with Gasteiger partial charge in [0.2, 0.25) is 11.8 Å². The second-order valence-electron chi connectivity index (χ2n) is 6.30. The smallest absolute Gasteiger partial charge is 0.240 e. The quantitative estimate of drug-likeness (QED) is 0.818. The first-order valence-corrected chi connectivity index (χ1v) is 8.85. The van der Waals surface area contributed by atoms with Gasteiger partial charge in [0.15, 0.2) is 5.16 Å². The van der Waals surface area contributed by atoms with Gasteiger partial charge in [-0.1, -0.05) is 16.9 Å². The van der Waals surface area contributed by atoms with Gasteiger partial charge in [-0.2, -0.15) is 0 Å². The van der Waals surface area contributed by atoms with Gasteiger partial charge in [0.1, 0.15) is 5.82 Å². The summed E-state index contributed by atoms with van der Waals surface area (Å²) >= 11 is 1.45. The van der Waals surface area contributed by atoms with Crippen molar-refractivity contribution < 1.29 is 9.32 Å². The zero-order valence-corrected chi connectivity index (χ0v) is 14.0. The maximum atomic E-state index is 12.3. The minimum atomic E-state index is -0.283. The average Bonchev–Trinajstić information content (AvgIpc) is 3.44. The molecule has 7 nitrogen and oxygen atoms in total. The minimum absolute atomic E-state index is 0.121. The average molecular weight is 333 g/mol. The Morgan fingerprint density at radius 3 is 2.78 bits per heavy atom. The fourth-order valence-electron chi connectivity index (χ4n) is 2.52. The zero-order chi connectivity index (χ0) is 16.0. The molecule has 2 aromatic rings. The van der Waals surface area contributed by atoms with Crippen LogP contribution in [0, 0.1) is 6.92 Å². The first-order valence-electron chi connectivity index (χ1n) is 7.97. The van der Waals surface area contributed by atoms with Crippen LogP contribution in [-0.4, -0.2) is 31.1 Å². The highest BCUT2D eigenvalue weighted by Gasteiger charge is 2.37. The molecule has 122 valence electrons. The molecule has 0 bridgehead atoms. The molecule has 4 rings (SSSR count). The van der Waals surface area contributed by atoms with Gasteiger partial charge < -0.3 is 9.09 Å². The van der Waals surface area contributed by atoms with Crippen molar-refractivity contribution in [2.45, 2.75) is 61.9 Å². The van der Waals surface area contributed by atoms with Gasteiger partial charge in [-0.15, -0.1) is 10.2 Å². The molecule has 1 unspecified atom stereocenters. The van der Waals surface area contributed by atoms with E-state index in [9.17, 15) is 4.79 Å². The predicted octanol–water partition coefficient (Wildman–Crippen LogP) is 2.91.